The molecule has 0 aliphatic carbocycles. The quantitative estimate of drug-likeness (QED) is 0.665. The van der Waals surface area contributed by atoms with Crippen LogP contribution in [0.2, 0.25) is 5.02 Å². The van der Waals surface area contributed by atoms with Gasteiger partial charge in [-0.2, -0.15) is 0 Å². The number of aromatic nitrogens is 2. The van der Waals surface area contributed by atoms with Gasteiger partial charge in [-0.3, -0.25) is 4.79 Å². The molecule has 2 aromatic carbocycles. The monoisotopic (exact) mass is 412 g/mol. The first-order valence-electron chi connectivity index (χ1n) is 9.07. The molecule has 0 unspecified atom stereocenters. The van der Waals surface area contributed by atoms with E-state index in [2.05, 4.69) is 21.4 Å². The Morgan fingerprint density at radius 3 is 2.62 bits per heavy atom. The first-order valence-corrected chi connectivity index (χ1v) is 9.45. The highest BCUT2D eigenvalue weighted by atomic mass is 35.5. The fourth-order valence-corrected chi connectivity index (χ4v) is 3.78. The van der Waals surface area contributed by atoms with Gasteiger partial charge in [-0.05, 0) is 36.4 Å². The van der Waals surface area contributed by atoms with Gasteiger partial charge in [0.1, 0.15) is 23.7 Å². The average Bonchev–Trinajstić information content (AvgIpc) is 2.74. The number of carbonyl (C=O) groups is 1. The van der Waals surface area contributed by atoms with Crippen LogP contribution >= 0.6 is 11.6 Å². The SMILES string of the molecule is C=CC(=O)N1CCN(c2ncnc3cc(-c4cc(F)ccc4O)c(Cl)cc23)CC1. The van der Waals surface area contributed by atoms with E-state index in [1.54, 1.807) is 17.0 Å². The molecule has 4 rings (SSSR count). The third kappa shape index (κ3) is 3.61. The van der Waals surface area contributed by atoms with Crippen LogP contribution in [0, 0.1) is 5.82 Å². The molecule has 1 N–H and O–H groups in total. The zero-order valence-corrected chi connectivity index (χ0v) is 16.2. The highest BCUT2D eigenvalue weighted by Gasteiger charge is 2.22. The second kappa shape index (κ2) is 7.67. The maximum absolute atomic E-state index is 13.7. The number of hydrogen-bond acceptors (Lipinski definition) is 5. The lowest BCUT2D eigenvalue weighted by molar-refractivity contribution is -0.126. The summed E-state index contributed by atoms with van der Waals surface area (Å²) in [6.07, 6.45) is 2.78. The van der Waals surface area contributed by atoms with Crippen molar-refractivity contribution >= 4 is 34.2 Å². The molecular formula is C21H18ClFN4O2. The van der Waals surface area contributed by atoms with E-state index in [0.717, 1.165) is 11.2 Å². The lowest BCUT2D eigenvalue weighted by Crippen LogP contribution is -2.48. The summed E-state index contributed by atoms with van der Waals surface area (Å²) in [6.45, 7) is 5.91. The molecular weight excluding hydrogens is 395 g/mol. The van der Waals surface area contributed by atoms with Crippen LogP contribution in [-0.4, -0.2) is 52.1 Å². The van der Waals surface area contributed by atoms with E-state index < -0.39 is 5.82 Å². The maximum atomic E-state index is 13.7. The first kappa shape index (κ1) is 19.1. The number of halogens is 2. The van der Waals surface area contributed by atoms with Gasteiger partial charge in [-0.25, -0.2) is 14.4 Å². The number of phenols is 1. The van der Waals surface area contributed by atoms with Crippen molar-refractivity contribution in [2.24, 2.45) is 0 Å². The van der Waals surface area contributed by atoms with Crippen molar-refractivity contribution in [3.05, 3.63) is 60.2 Å². The second-order valence-electron chi connectivity index (χ2n) is 6.72. The summed E-state index contributed by atoms with van der Waals surface area (Å²) in [7, 11) is 0. The Bertz CT molecular complexity index is 1110. The van der Waals surface area contributed by atoms with Crippen molar-refractivity contribution in [3.8, 4) is 16.9 Å². The van der Waals surface area contributed by atoms with Crippen LogP contribution in [0.4, 0.5) is 10.2 Å². The molecule has 8 heteroatoms. The van der Waals surface area contributed by atoms with Crippen molar-refractivity contribution in [2.75, 3.05) is 31.1 Å². The summed E-state index contributed by atoms with van der Waals surface area (Å²) >= 11 is 6.48. The van der Waals surface area contributed by atoms with Crippen molar-refractivity contribution < 1.29 is 14.3 Å². The first-order chi connectivity index (χ1) is 14.0. The Labute approximate surface area is 171 Å². The van der Waals surface area contributed by atoms with Gasteiger partial charge in [0.05, 0.1) is 5.52 Å². The largest absolute Gasteiger partial charge is 0.507 e. The summed E-state index contributed by atoms with van der Waals surface area (Å²) in [5, 5.41) is 11.2. The predicted molar refractivity (Wildman–Crippen MR) is 111 cm³/mol. The number of amides is 1. The van der Waals surface area contributed by atoms with Crippen molar-refractivity contribution in [3.63, 3.8) is 0 Å². The molecule has 3 aromatic rings. The minimum Gasteiger partial charge on any atom is -0.507 e. The number of piperazine rings is 1. The molecule has 0 bridgehead atoms. The summed E-state index contributed by atoms with van der Waals surface area (Å²) in [5.74, 6) is 0.103. The number of hydrogen-bond donors (Lipinski definition) is 1. The molecule has 6 nitrogen and oxygen atoms in total. The van der Waals surface area contributed by atoms with Gasteiger partial charge >= 0.3 is 0 Å². The molecule has 1 saturated heterocycles. The summed E-state index contributed by atoms with van der Waals surface area (Å²) in [5.41, 5.74) is 1.42. The molecule has 1 fully saturated rings. The molecule has 1 aliphatic rings. The molecule has 148 valence electrons. The Balaban J connectivity index is 1.72. The summed E-state index contributed by atoms with van der Waals surface area (Å²) in [6, 6.07) is 7.16. The van der Waals surface area contributed by atoms with Gasteiger partial charge in [0.2, 0.25) is 5.91 Å². The second-order valence-corrected chi connectivity index (χ2v) is 7.13. The van der Waals surface area contributed by atoms with Crippen LogP contribution in [0.3, 0.4) is 0 Å². The Morgan fingerprint density at radius 2 is 1.90 bits per heavy atom. The number of rotatable bonds is 3. The number of aromatic hydroxyl groups is 1. The highest BCUT2D eigenvalue weighted by molar-refractivity contribution is 6.34. The lowest BCUT2D eigenvalue weighted by Gasteiger charge is -2.35. The maximum Gasteiger partial charge on any atom is 0.246 e. The lowest BCUT2D eigenvalue weighted by atomic mass is 10.0. The average molecular weight is 413 g/mol. The Kier molecular flexibility index (Phi) is 5.07. The van der Waals surface area contributed by atoms with E-state index in [1.165, 1.54) is 30.6 Å². The van der Waals surface area contributed by atoms with E-state index in [0.29, 0.717) is 47.8 Å². The summed E-state index contributed by atoms with van der Waals surface area (Å²) in [4.78, 5) is 24.3. The number of benzene rings is 2. The van der Waals surface area contributed by atoms with Crippen LogP contribution in [-0.2, 0) is 4.79 Å². The van der Waals surface area contributed by atoms with Gasteiger partial charge < -0.3 is 14.9 Å². The topological polar surface area (TPSA) is 69.6 Å². The summed E-state index contributed by atoms with van der Waals surface area (Å²) < 4.78 is 13.7. The fourth-order valence-electron chi connectivity index (χ4n) is 3.51. The third-order valence-electron chi connectivity index (χ3n) is 5.02. The minimum atomic E-state index is -0.468. The van der Waals surface area contributed by atoms with Gasteiger partial charge in [0.25, 0.3) is 0 Å². The van der Waals surface area contributed by atoms with E-state index in [4.69, 9.17) is 11.6 Å². The van der Waals surface area contributed by atoms with E-state index in [9.17, 15) is 14.3 Å². The van der Waals surface area contributed by atoms with Crippen molar-refractivity contribution in [1.82, 2.24) is 14.9 Å². The molecule has 1 amide bonds. The number of phenolic OH excluding ortho intramolecular Hbond substituents is 1. The van der Waals surface area contributed by atoms with Gasteiger partial charge in [0.15, 0.2) is 0 Å². The molecule has 1 aromatic heterocycles. The van der Waals surface area contributed by atoms with Gasteiger partial charge in [-0.1, -0.05) is 18.2 Å². The smallest absolute Gasteiger partial charge is 0.246 e. The zero-order valence-electron chi connectivity index (χ0n) is 15.5. The van der Waals surface area contributed by atoms with Crippen LogP contribution in [0.1, 0.15) is 0 Å². The molecule has 2 heterocycles. The van der Waals surface area contributed by atoms with E-state index in [1.807, 2.05) is 0 Å². The van der Waals surface area contributed by atoms with Crippen molar-refractivity contribution in [2.45, 2.75) is 0 Å². The number of nitrogens with zero attached hydrogens (tertiary/aromatic N) is 4. The highest BCUT2D eigenvalue weighted by Crippen LogP contribution is 2.38. The number of anilines is 1. The zero-order chi connectivity index (χ0) is 20.5. The fraction of sp³-hybridized carbons (Fsp3) is 0.190. The molecule has 0 atom stereocenters. The Morgan fingerprint density at radius 1 is 1.14 bits per heavy atom. The van der Waals surface area contributed by atoms with Crippen LogP contribution in [0.5, 0.6) is 5.75 Å². The molecule has 1 aliphatic heterocycles. The van der Waals surface area contributed by atoms with Crippen molar-refractivity contribution in [1.29, 1.82) is 0 Å². The number of carbonyl (C=O) groups excluding carboxylic acids is 1. The minimum absolute atomic E-state index is 0.0649. The Hall–Kier alpha value is -3.19. The standard InChI is InChI=1S/C21H18ClFN4O2/c1-2-20(29)26-5-7-27(8-6-26)21-16-10-17(22)14(11-18(16)24-12-25-21)15-9-13(23)3-4-19(15)28/h2-4,9-12,28H,1,5-8H2. The van der Waals surface area contributed by atoms with Crippen LogP contribution < -0.4 is 4.90 Å². The van der Waals surface area contributed by atoms with E-state index in [-0.39, 0.29) is 11.7 Å². The molecule has 29 heavy (non-hydrogen) atoms. The predicted octanol–water partition coefficient (Wildman–Crippen LogP) is 3.63. The van der Waals surface area contributed by atoms with Crippen LogP contribution in [0.25, 0.3) is 22.0 Å². The van der Waals surface area contributed by atoms with Crippen LogP contribution in [0.15, 0.2) is 49.3 Å². The third-order valence-corrected chi connectivity index (χ3v) is 5.33. The normalized spacial score (nSPS) is 14.3. The van der Waals surface area contributed by atoms with Gasteiger partial charge in [0, 0.05) is 47.7 Å². The molecule has 0 saturated carbocycles. The van der Waals surface area contributed by atoms with Gasteiger partial charge in [-0.15, -0.1) is 0 Å². The molecule has 0 radical (unpaired) electrons. The van der Waals surface area contributed by atoms with E-state index >= 15 is 0 Å². The molecule has 0 spiro atoms. The number of fused-ring (bicyclic) bond motifs is 1.